The second-order valence-corrected chi connectivity index (χ2v) is 5.03. The van der Waals surface area contributed by atoms with Crippen LogP contribution in [0.4, 0.5) is 8.78 Å². The molecule has 0 N–H and O–H groups in total. The normalized spacial score (nSPS) is 11.3. The summed E-state index contributed by atoms with van der Waals surface area (Å²) in [6.07, 6.45) is -1.41. The highest BCUT2D eigenvalue weighted by atomic mass is 19.1. The van der Waals surface area contributed by atoms with Gasteiger partial charge in [0.1, 0.15) is 17.7 Å². The molecule has 1 atom stereocenters. The Labute approximate surface area is 143 Å². The fraction of sp³-hybridized carbons (Fsp3) is 0.222. The Bertz CT molecular complexity index is 817. The van der Waals surface area contributed by atoms with E-state index >= 15 is 0 Å². The summed E-state index contributed by atoms with van der Waals surface area (Å²) in [5, 5.41) is 9.14. The van der Waals surface area contributed by atoms with Crippen LogP contribution in [0.2, 0.25) is 0 Å². The Morgan fingerprint density at radius 1 is 1.12 bits per heavy atom. The molecule has 0 heterocycles. The third-order valence-electron chi connectivity index (χ3n) is 3.43. The van der Waals surface area contributed by atoms with Crippen LogP contribution >= 0.6 is 0 Å². The van der Waals surface area contributed by atoms with E-state index in [1.165, 1.54) is 38.5 Å². The molecule has 2 rings (SSSR count). The number of halogens is 2. The second kappa shape index (κ2) is 8.11. The van der Waals surface area contributed by atoms with Crippen LogP contribution in [0, 0.1) is 23.0 Å². The summed E-state index contributed by atoms with van der Waals surface area (Å²) in [4.78, 5) is 12.2. The Morgan fingerprint density at radius 3 is 2.44 bits per heavy atom. The Hall–Kier alpha value is -3.14. The minimum Gasteiger partial charge on any atom is -0.493 e. The van der Waals surface area contributed by atoms with E-state index in [9.17, 15) is 13.6 Å². The van der Waals surface area contributed by atoms with Crippen molar-refractivity contribution in [3.05, 3.63) is 59.2 Å². The van der Waals surface area contributed by atoms with E-state index in [2.05, 4.69) is 0 Å². The first-order valence-electron chi connectivity index (χ1n) is 7.25. The summed E-state index contributed by atoms with van der Waals surface area (Å²) >= 11 is 0. The third kappa shape index (κ3) is 4.44. The summed E-state index contributed by atoms with van der Waals surface area (Å²) in [5.41, 5.74) is 0.227. The number of carbonyl (C=O) groups is 1. The molecule has 0 amide bonds. The number of ether oxygens (including phenoxy) is 3. The van der Waals surface area contributed by atoms with Crippen LogP contribution < -0.4 is 9.47 Å². The lowest BCUT2D eigenvalue weighted by atomic mass is 10.1. The first-order chi connectivity index (χ1) is 12.0. The maximum Gasteiger partial charge on any atom is 0.339 e. The highest BCUT2D eigenvalue weighted by Crippen LogP contribution is 2.28. The number of rotatable bonds is 6. The first-order valence-corrected chi connectivity index (χ1v) is 7.25. The van der Waals surface area contributed by atoms with Crippen LogP contribution in [-0.2, 0) is 11.2 Å². The molecule has 0 aliphatic carbocycles. The lowest BCUT2D eigenvalue weighted by Crippen LogP contribution is -2.19. The molecule has 0 aliphatic heterocycles. The van der Waals surface area contributed by atoms with Crippen molar-refractivity contribution >= 4 is 5.97 Å². The molecule has 0 unspecified atom stereocenters. The Balaban J connectivity index is 2.13. The number of methoxy groups -OCH3 is 2. The molecular weight excluding hydrogens is 332 g/mol. The van der Waals surface area contributed by atoms with Gasteiger partial charge >= 0.3 is 5.97 Å². The maximum absolute atomic E-state index is 13.7. The molecule has 0 aromatic heterocycles. The number of carbonyl (C=O) groups excluding carboxylic acids is 1. The minimum absolute atomic E-state index is 0.0769. The van der Waals surface area contributed by atoms with Crippen molar-refractivity contribution in [1.82, 2.24) is 0 Å². The van der Waals surface area contributed by atoms with Crippen LogP contribution in [0.3, 0.4) is 0 Å². The van der Waals surface area contributed by atoms with Gasteiger partial charge in [-0.3, -0.25) is 0 Å². The van der Waals surface area contributed by atoms with Gasteiger partial charge in [-0.2, -0.15) is 5.26 Å². The predicted molar refractivity (Wildman–Crippen MR) is 84.4 cm³/mol. The summed E-state index contributed by atoms with van der Waals surface area (Å²) in [7, 11) is 2.88. The lowest BCUT2D eigenvalue weighted by molar-refractivity contribution is 0.0406. The lowest BCUT2D eigenvalue weighted by Gasteiger charge is -2.13. The largest absolute Gasteiger partial charge is 0.493 e. The third-order valence-corrected chi connectivity index (χ3v) is 3.43. The fourth-order valence-corrected chi connectivity index (χ4v) is 2.16. The molecule has 0 saturated heterocycles. The molecule has 0 bridgehead atoms. The monoisotopic (exact) mass is 347 g/mol. The highest BCUT2D eigenvalue weighted by molar-refractivity contribution is 5.90. The molecule has 0 saturated carbocycles. The zero-order chi connectivity index (χ0) is 18.4. The number of esters is 1. The topological polar surface area (TPSA) is 68.5 Å². The molecule has 2 aromatic rings. The summed E-state index contributed by atoms with van der Waals surface area (Å²) in [6, 6.07) is 9.16. The molecule has 0 aliphatic rings. The van der Waals surface area contributed by atoms with Crippen molar-refractivity contribution in [2.45, 2.75) is 12.5 Å². The van der Waals surface area contributed by atoms with E-state index in [1.807, 2.05) is 0 Å². The van der Waals surface area contributed by atoms with Crippen molar-refractivity contribution in [2.75, 3.05) is 14.2 Å². The van der Waals surface area contributed by atoms with E-state index in [0.717, 1.165) is 6.07 Å². The highest BCUT2D eigenvalue weighted by Gasteiger charge is 2.19. The molecule has 0 fully saturated rings. The van der Waals surface area contributed by atoms with Crippen LogP contribution in [0.25, 0.3) is 0 Å². The van der Waals surface area contributed by atoms with Gasteiger partial charge in [-0.25, -0.2) is 13.6 Å². The van der Waals surface area contributed by atoms with Gasteiger partial charge < -0.3 is 14.2 Å². The van der Waals surface area contributed by atoms with Crippen LogP contribution in [0.5, 0.6) is 11.5 Å². The van der Waals surface area contributed by atoms with Crippen molar-refractivity contribution in [3.8, 4) is 17.6 Å². The number of hydrogen-bond acceptors (Lipinski definition) is 5. The van der Waals surface area contributed by atoms with Gasteiger partial charge in [0.05, 0.1) is 19.8 Å². The van der Waals surface area contributed by atoms with Crippen LogP contribution in [-0.4, -0.2) is 26.3 Å². The molecule has 2 aromatic carbocycles. The summed E-state index contributed by atoms with van der Waals surface area (Å²) in [6.45, 7) is 0. The zero-order valence-corrected chi connectivity index (χ0v) is 13.6. The average Bonchev–Trinajstić information content (AvgIpc) is 2.62. The van der Waals surface area contributed by atoms with Crippen molar-refractivity contribution in [3.63, 3.8) is 0 Å². The molecule has 5 nitrogen and oxygen atoms in total. The predicted octanol–water partition coefficient (Wildman–Crippen LogP) is 3.27. The van der Waals surface area contributed by atoms with Gasteiger partial charge in [0.15, 0.2) is 17.6 Å². The van der Waals surface area contributed by atoms with E-state index in [1.54, 1.807) is 6.07 Å². The van der Waals surface area contributed by atoms with E-state index in [0.29, 0.717) is 17.6 Å². The summed E-state index contributed by atoms with van der Waals surface area (Å²) < 4.78 is 41.9. The van der Waals surface area contributed by atoms with Crippen LogP contribution in [0.1, 0.15) is 15.9 Å². The van der Waals surface area contributed by atoms with E-state index in [4.69, 9.17) is 19.5 Å². The minimum atomic E-state index is -1.22. The van der Waals surface area contributed by atoms with E-state index < -0.39 is 23.7 Å². The number of benzene rings is 2. The quantitative estimate of drug-likeness (QED) is 0.750. The van der Waals surface area contributed by atoms with Crippen molar-refractivity contribution in [1.29, 1.82) is 5.26 Å². The number of hydrogen-bond donors (Lipinski definition) is 0. The van der Waals surface area contributed by atoms with E-state index in [-0.39, 0.29) is 17.5 Å². The van der Waals surface area contributed by atoms with Gasteiger partial charge in [0.25, 0.3) is 0 Å². The Morgan fingerprint density at radius 2 is 1.84 bits per heavy atom. The smallest absolute Gasteiger partial charge is 0.339 e. The van der Waals surface area contributed by atoms with Crippen molar-refractivity contribution in [2.24, 2.45) is 0 Å². The van der Waals surface area contributed by atoms with Gasteiger partial charge in [0.2, 0.25) is 0 Å². The molecular formula is C18H15F2NO4. The Kier molecular flexibility index (Phi) is 5.90. The molecule has 7 heteroatoms. The van der Waals surface area contributed by atoms with Crippen LogP contribution in [0.15, 0.2) is 36.4 Å². The number of nitriles is 1. The van der Waals surface area contributed by atoms with Crippen molar-refractivity contribution < 1.29 is 27.8 Å². The SMILES string of the molecule is COc1ccc(C(=O)O[C@@H](C#N)Cc2ccc(F)cc2F)cc1OC. The number of nitrogens with zero attached hydrogens (tertiary/aromatic N) is 1. The molecule has 130 valence electrons. The van der Waals surface area contributed by atoms with Gasteiger partial charge in [0, 0.05) is 12.5 Å². The summed E-state index contributed by atoms with van der Waals surface area (Å²) in [5.74, 6) is -1.53. The standard InChI is InChI=1S/C18H15F2NO4/c1-23-16-6-4-12(8-17(16)24-2)18(22)25-14(10-21)7-11-3-5-13(19)9-15(11)20/h3-6,8-9,14H,7H2,1-2H3/t14-/m1/s1. The van der Waals surface area contributed by atoms with Gasteiger partial charge in [-0.05, 0) is 29.8 Å². The van der Waals surface area contributed by atoms with Gasteiger partial charge in [-0.1, -0.05) is 6.07 Å². The van der Waals surface area contributed by atoms with Gasteiger partial charge in [-0.15, -0.1) is 0 Å². The fourth-order valence-electron chi connectivity index (χ4n) is 2.16. The maximum atomic E-state index is 13.7. The first kappa shape index (κ1) is 18.2. The second-order valence-electron chi connectivity index (χ2n) is 5.03. The zero-order valence-electron chi connectivity index (χ0n) is 13.6. The molecule has 0 radical (unpaired) electrons. The molecule has 0 spiro atoms. The average molecular weight is 347 g/mol. The molecule has 25 heavy (non-hydrogen) atoms.